The van der Waals surface area contributed by atoms with E-state index in [1.165, 1.54) is 24.6 Å². The second-order valence-corrected chi connectivity index (χ2v) is 7.81. The average molecular weight is 370 g/mol. The van der Waals surface area contributed by atoms with Gasteiger partial charge in [0.15, 0.2) is 0 Å². The first kappa shape index (κ1) is 19.5. The van der Waals surface area contributed by atoms with Crippen LogP contribution in [0.1, 0.15) is 26.2 Å². The quantitative estimate of drug-likeness (QED) is 0.762. The summed E-state index contributed by atoms with van der Waals surface area (Å²) < 4.78 is 37.9. The number of benzene rings is 1. The largest absolute Gasteiger partial charge is 0.497 e. The normalized spacial score (nSPS) is 16.4. The third-order valence-corrected chi connectivity index (χ3v) is 6.18. The summed E-state index contributed by atoms with van der Waals surface area (Å²) in [4.78, 5) is 13.9. The van der Waals surface area contributed by atoms with Crippen LogP contribution in [0.4, 0.5) is 0 Å². The van der Waals surface area contributed by atoms with Gasteiger partial charge < -0.3 is 14.4 Å². The molecule has 1 aromatic rings. The second kappa shape index (κ2) is 8.53. The summed E-state index contributed by atoms with van der Waals surface area (Å²) in [6, 6.07) is 4.71. The second-order valence-electron chi connectivity index (χ2n) is 5.91. The Kier molecular flexibility index (Phi) is 6.66. The zero-order valence-corrected chi connectivity index (χ0v) is 15.8. The van der Waals surface area contributed by atoms with Crippen LogP contribution < -0.4 is 9.47 Å². The molecular formula is C17H26N2O5S. The predicted molar refractivity (Wildman–Crippen MR) is 94.4 cm³/mol. The molecule has 0 aliphatic carbocycles. The lowest BCUT2D eigenvalue weighted by atomic mass is 10.3. The molecule has 1 aliphatic heterocycles. The lowest BCUT2D eigenvalue weighted by Gasteiger charge is -2.23. The van der Waals surface area contributed by atoms with Crippen molar-refractivity contribution in [3.05, 3.63) is 18.2 Å². The highest BCUT2D eigenvalue weighted by Gasteiger charge is 2.30. The molecule has 0 spiro atoms. The molecule has 8 heteroatoms. The molecule has 7 nitrogen and oxygen atoms in total. The molecule has 0 unspecified atom stereocenters. The zero-order chi connectivity index (χ0) is 18.4. The molecule has 1 amide bonds. The monoisotopic (exact) mass is 370 g/mol. The Morgan fingerprint density at radius 2 is 1.88 bits per heavy atom. The summed E-state index contributed by atoms with van der Waals surface area (Å²) in [5.74, 6) is 0.818. The summed E-state index contributed by atoms with van der Waals surface area (Å²) in [5.41, 5.74) is 0. The molecule has 0 saturated carbocycles. The van der Waals surface area contributed by atoms with E-state index in [0.717, 1.165) is 6.42 Å². The van der Waals surface area contributed by atoms with Crippen molar-refractivity contribution >= 4 is 15.9 Å². The van der Waals surface area contributed by atoms with Crippen LogP contribution in [0.2, 0.25) is 0 Å². The van der Waals surface area contributed by atoms with E-state index >= 15 is 0 Å². The molecule has 1 aliphatic rings. The fraction of sp³-hybridized carbons (Fsp3) is 0.588. The van der Waals surface area contributed by atoms with E-state index in [4.69, 9.17) is 9.47 Å². The van der Waals surface area contributed by atoms with Crippen LogP contribution in [0.3, 0.4) is 0 Å². The van der Waals surface area contributed by atoms with Crippen LogP contribution >= 0.6 is 0 Å². The molecule has 1 fully saturated rings. The summed E-state index contributed by atoms with van der Waals surface area (Å²) in [6.45, 7) is 3.60. The fourth-order valence-corrected chi connectivity index (χ4v) is 4.52. The van der Waals surface area contributed by atoms with Gasteiger partial charge >= 0.3 is 0 Å². The Labute approximate surface area is 149 Å². The number of sulfonamides is 1. The molecular weight excluding hydrogens is 344 g/mol. The van der Waals surface area contributed by atoms with Gasteiger partial charge in [0.1, 0.15) is 16.4 Å². The van der Waals surface area contributed by atoms with Gasteiger partial charge in [0.05, 0.1) is 14.2 Å². The maximum absolute atomic E-state index is 13.1. The number of rotatable bonds is 6. The number of carbonyl (C=O) groups excluding carboxylic acids is 1. The van der Waals surface area contributed by atoms with Crippen molar-refractivity contribution in [1.29, 1.82) is 0 Å². The third-order valence-electron chi connectivity index (χ3n) is 4.26. The number of hydrogen-bond acceptors (Lipinski definition) is 5. The Morgan fingerprint density at radius 1 is 1.12 bits per heavy atom. The number of nitrogens with zero attached hydrogens (tertiary/aromatic N) is 2. The van der Waals surface area contributed by atoms with E-state index in [2.05, 4.69) is 0 Å². The summed E-state index contributed by atoms with van der Waals surface area (Å²) >= 11 is 0. The maximum atomic E-state index is 13.1. The van der Waals surface area contributed by atoms with Gasteiger partial charge in [-0.2, -0.15) is 4.31 Å². The Morgan fingerprint density at radius 3 is 2.52 bits per heavy atom. The van der Waals surface area contributed by atoms with E-state index in [-0.39, 0.29) is 23.1 Å². The minimum absolute atomic E-state index is 0.0840. The first-order chi connectivity index (χ1) is 11.9. The molecule has 1 heterocycles. The van der Waals surface area contributed by atoms with Crippen LogP contribution in [-0.2, 0) is 14.8 Å². The molecule has 140 valence electrons. The van der Waals surface area contributed by atoms with Crippen molar-refractivity contribution in [2.75, 3.05) is 40.4 Å². The van der Waals surface area contributed by atoms with Crippen LogP contribution in [0.5, 0.6) is 11.5 Å². The molecule has 1 saturated heterocycles. The van der Waals surface area contributed by atoms with Crippen LogP contribution in [-0.4, -0.2) is 63.9 Å². The molecule has 0 bridgehead atoms. The smallest absolute Gasteiger partial charge is 0.246 e. The van der Waals surface area contributed by atoms with Crippen molar-refractivity contribution < 1.29 is 22.7 Å². The number of amides is 1. The predicted octanol–water partition coefficient (Wildman–Crippen LogP) is 1.73. The van der Waals surface area contributed by atoms with Crippen molar-refractivity contribution in [3.8, 4) is 11.5 Å². The zero-order valence-electron chi connectivity index (χ0n) is 15.0. The number of methoxy groups -OCH3 is 2. The van der Waals surface area contributed by atoms with Gasteiger partial charge in [-0.1, -0.05) is 6.92 Å². The third kappa shape index (κ3) is 4.43. The molecule has 25 heavy (non-hydrogen) atoms. The van der Waals surface area contributed by atoms with Gasteiger partial charge in [0.25, 0.3) is 0 Å². The standard InChI is InChI=1S/C17H26N2O5S/c1-4-6-17(20)18-9-5-10-19(12-11-18)25(21,22)16-13-14(23-2)7-8-15(16)24-3/h7-8,13H,4-6,9-12H2,1-3H3. The van der Waals surface area contributed by atoms with Gasteiger partial charge in [0.2, 0.25) is 15.9 Å². The first-order valence-corrected chi connectivity index (χ1v) is 9.88. The maximum Gasteiger partial charge on any atom is 0.246 e. The summed E-state index contributed by atoms with van der Waals surface area (Å²) in [7, 11) is -0.805. The number of carbonyl (C=O) groups is 1. The van der Waals surface area contributed by atoms with E-state index in [0.29, 0.717) is 38.2 Å². The molecule has 0 atom stereocenters. The van der Waals surface area contributed by atoms with Gasteiger partial charge in [-0.15, -0.1) is 0 Å². The average Bonchev–Trinajstić information content (AvgIpc) is 2.88. The van der Waals surface area contributed by atoms with Gasteiger partial charge in [-0.05, 0) is 25.0 Å². The highest BCUT2D eigenvalue weighted by Crippen LogP contribution is 2.31. The molecule has 2 rings (SSSR count). The lowest BCUT2D eigenvalue weighted by molar-refractivity contribution is -0.131. The van der Waals surface area contributed by atoms with Crippen molar-refractivity contribution in [3.63, 3.8) is 0 Å². The fourth-order valence-electron chi connectivity index (χ4n) is 2.88. The van der Waals surface area contributed by atoms with Gasteiger partial charge in [-0.25, -0.2) is 8.42 Å². The van der Waals surface area contributed by atoms with Crippen molar-refractivity contribution in [1.82, 2.24) is 9.21 Å². The summed E-state index contributed by atoms with van der Waals surface area (Å²) in [5, 5.41) is 0. The molecule has 0 N–H and O–H groups in total. The van der Waals surface area contributed by atoms with E-state index in [1.54, 1.807) is 17.0 Å². The Hall–Kier alpha value is -1.80. The van der Waals surface area contributed by atoms with E-state index in [9.17, 15) is 13.2 Å². The number of ether oxygens (including phenoxy) is 2. The Balaban J connectivity index is 2.24. The van der Waals surface area contributed by atoms with Crippen LogP contribution in [0, 0.1) is 0 Å². The van der Waals surface area contributed by atoms with Crippen LogP contribution in [0.25, 0.3) is 0 Å². The topological polar surface area (TPSA) is 76.2 Å². The van der Waals surface area contributed by atoms with E-state index in [1.807, 2.05) is 6.92 Å². The highest BCUT2D eigenvalue weighted by atomic mass is 32.2. The minimum atomic E-state index is -3.73. The van der Waals surface area contributed by atoms with E-state index < -0.39 is 10.0 Å². The lowest BCUT2D eigenvalue weighted by Crippen LogP contribution is -2.37. The number of hydrogen-bond donors (Lipinski definition) is 0. The summed E-state index contributed by atoms with van der Waals surface area (Å²) in [6.07, 6.45) is 1.90. The van der Waals surface area contributed by atoms with Gasteiger partial charge in [0, 0.05) is 38.7 Å². The molecule has 1 aromatic carbocycles. The first-order valence-electron chi connectivity index (χ1n) is 8.44. The SMILES string of the molecule is CCCC(=O)N1CCCN(S(=O)(=O)c2cc(OC)ccc2OC)CC1. The van der Waals surface area contributed by atoms with Crippen molar-refractivity contribution in [2.45, 2.75) is 31.1 Å². The van der Waals surface area contributed by atoms with Crippen LogP contribution in [0.15, 0.2) is 23.1 Å². The minimum Gasteiger partial charge on any atom is -0.497 e. The van der Waals surface area contributed by atoms with Crippen molar-refractivity contribution in [2.24, 2.45) is 0 Å². The molecule has 0 aromatic heterocycles. The van der Waals surface area contributed by atoms with Gasteiger partial charge in [-0.3, -0.25) is 4.79 Å². The molecule has 0 radical (unpaired) electrons. The Bertz CT molecular complexity index is 705. The highest BCUT2D eigenvalue weighted by molar-refractivity contribution is 7.89.